The first kappa shape index (κ1) is 26.1. The SMILES string of the molecule is CC(C)OC(=O)OC1CC(OC(=O)OC(C)C)C(OC(=O)OC(C)C)CC1OC(=O)O. The van der Waals surface area contributed by atoms with Crippen molar-refractivity contribution in [2.45, 2.75) is 97.1 Å². The zero-order valence-corrected chi connectivity index (χ0v) is 18.4. The fourth-order valence-corrected chi connectivity index (χ4v) is 2.72. The number of ether oxygens (including phenoxy) is 7. The second-order valence-electron chi connectivity index (χ2n) is 7.61. The number of rotatable bonds is 7. The summed E-state index contributed by atoms with van der Waals surface area (Å²) in [6.07, 6.45) is -11.3. The predicted octanol–water partition coefficient (Wildman–Crippen LogP) is 3.63. The van der Waals surface area contributed by atoms with Crippen LogP contribution >= 0.6 is 0 Å². The van der Waals surface area contributed by atoms with Crippen molar-refractivity contribution in [1.82, 2.24) is 0 Å². The lowest BCUT2D eigenvalue weighted by molar-refractivity contribution is -0.144. The average Bonchev–Trinajstić information content (AvgIpc) is 2.55. The molecule has 1 fully saturated rings. The van der Waals surface area contributed by atoms with Crippen LogP contribution in [-0.2, 0) is 33.2 Å². The minimum atomic E-state index is -1.63. The Morgan fingerprint density at radius 1 is 0.581 bits per heavy atom. The van der Waals surface area contributed by atoms with Crippen molar-refractivity contribution in [2.75, 3.05) is 0 Å². The van der Waals surface area contributed by atoms with Gasteiger partial charge in [0.25, 0.3) is 0 Å². The smallest absolute Gasteiger partial charge is 0.450 e. The Morgan fingerprint density at radius 2 is 0.839 bits per heavy atom. The van der Waals surface area contributed by atoms with Crippen LogP contribution in [0.5, 0.6) is 0 Å². The summed E-state index contributed by atoms with van der Waals surface area (Å²) in [5.41, 5.74) is 0. The van der Waals surface area contributed by atoms with Gasteiger partial charge in [0.05, 0.1) is 18.3 Å². The molecule has 0 aromatic heterocycles. The van der Waals surface area contributed by atoms with Crippen LogP contribution in [0.25, 0.3) is 0 Å². The third kappa shape index (κ3) is 10.1. The minimum Gasteiger partial charge on any atom is -0.450 e. The molecular formula is C19H30O12. The minimum absolute atomic E-state index is 0.238. The van der Waals surface area contributed by atoms with Gasteiger partial charge in [-0.1, -0.05) is 0 Å². The van der Waals surface area contributed by atoms with Crippen LogP contribution in [0.2, 0.25) is 0 Å². The first-order valence-corrected chi connectivity index (χ1v) is 9.88. The van der Waals surface area contributed by atoms with E-state index in [9.17, 15) is 19.2 Å². The summed E-state index contributed by atoms with van der Waals surface area (Å²) in [7, 11) is 0. The number of carbonyl (C=O) groups is 4. The maximum absolute atomic E-state index is 12.0. The lowest BCUT2D eigenvalue weighted by Crippen LogP contribution is -2.51. The number of hydrogen-bond acceptors (Lipinski definition) is 11. The molecule has 12 heteroatoms. The van der Waals surface area contributed by atoms with Crippen LogP contribution in [-0.4, -0.2) is 72.5 Å². The first-order chi connectivity index (χ1) is 14.4. The van der Waals surface area contributed by atoms with Crippen LogP contribution in [0.4, 0.5) is 19.2 Å². The van der Waals surface area contributed by atoms with Crippen LogP contribution in [0.1, 0.15) is 54.4 Å². The number of hydrogen-bond donors (Lipinski definition) is 1. The summed E-state index contributed by atoms with van der Waals surface area (Å²) in [6, 6.07) is 0. The molecule has 1 saturated carbocycles. The summed E-state index contributed by atoms with van der Waals surface area (Å²) in [4.78, 5) is 47.0. The Kier molecular flexibility index (Phi) is 10.2. The van der Waals surface area contributed by atoms with E-state index >= 15 is 0 Å². The van der Waals surface area contributed by atoms with E-state index in [1.807, 2.05) is 0 Å². The molecule has 0 spiro atoms. The van der Waals surface area contributed by atoms with Crippen LogP contribution < -0.4 is 0 Å². The molecule has 0 aromatic carbocycles. The van der Waals surface area contributed by atoms with Gasteiger partial charge in [-0.2, -0.15) is 0 Å². The van der Waals surface area contributed by atoms with E-state index in [0.717, 1.165) is 0 Å². The highest BCUT2D eigenvalue weighted by Gasteiger charge is 2.46. The Balaban J connectivity index is 3.04. The van der Waals surface area contributed by atoms with Crippen molar-refractivity contribution < 1.29 is 57.4 Å². The van der Waals surface area contributed by atoms with Gasteiger partial charge in [-0.05, 0) is 41.5 Å². The Labute approximate surface area is 180 Å². The second kappa shape index (κ2) is 12.1. The summed E-state index contributed by atoms with van der Waals surface area (Å²) < 4.78 is 35.2. The monoisotopic (exact) mass is 450 g/mol. The van der Waals surface area contributed by atoms with E-state index < -0.39 is 67.3 Å². The van der Waals surface area contributed by atoms with Crippen LogP contribution in [0, 0.1) is 0 Å². The van der Waals surface area contributed by atoms with Gasteiger partial charge < -0.3 is 38.3 Å². The van der Waals surface area contributed by atoms with Gasteiger partial charge in [-0.3, -0.25) is 0 Å². The molecule has 12 nitrogen and oxygen atoms in total. The van der Waals surface area contributed by atoms with Crippen molar-refractivity contribution in [1.29, 1.82) is 0 Å². The fraction of sp³-hybridized carbons (Fsp3) is 0.789. The van der Waals surface area contributed by atoms with Crippen LogP contribution in [0.15, 0.2) is 0 Å². The lowest BCUT2D eigenvalue weighted by Gasteiger charge is -2.38. The number of carboxylic acid groups (broad SMARTS) is 1. The van der Waals surface area contributed by atoms with Gasteiger partial charge in [0.15, 0.2) is 0 Å². The average molecular weight is 450 g/mol. The van der Waals surface area contributed by atoms with Gasteiger partial charge in [-0.25, -0.2) is 19.2 Å². The first-order valence-electron chi connectivity index (χ1n) is 9.88. The highest BCUT2D eigenvalue weighted by atomic mass is 16.8. The van der Waals surface area contributed by atoms with Crippen LogP contribution in [0.3, 0.4) is 0 Å². The van der Waals surface area contributed by atoms with E-state index in [2.05, 4.69) is 0 Å². The highest BCUT2D eigenvalue weighted by Crippen LogP contribution is 2.30. The van der Waals surface area contributed by atoms with E-state index in [-0.39, 0.29) is 12.8 Å². The summed E-state index contributed by atoms with van der Waals surface area (Å²) >= 11 is 0. The van der Waals surface area contributed by atoms with E-state index in [0.29, 0.717) is 0 Å². The quantitative estimate of drug-likeness (QED) is 0.445. The molecule has 0 aliphatic heterocycles. The van der Waals surface area contributed by atoms with Crippen molar-refractivity contribution in [3.05, 3.63) is 0 Å². The molecular weight excluding hydrogens is 420 g/mol. The summed E-state index contributed by atoms with van der Waals surface area (Å²) in [6.45, 7) is 9.64. The number of carbonyl (C=O) groups excluding carboxylic acids is 3. The van der Waals surface area contributed by atoms with Gasteiger partial charge in [0.2, 0.25) is 0 Å². The van der Waals surface area contributed by atoms with E-state index in [1.165, 1.54) is 0 Å². The molecule has 31 heavy (non-hydrogen) atoms. The summed E-state index contributed by atoms with van der Waals surface area (Å²) in [5, 5.41) is 9.03. The van der Waals surface area contributed by atoms with E-state index in [1.54, 1.807) is 41.5 Å². The molecule has 178 valence electrons. The third-order valence-corrected chi connectivity index (χ3v) is 3.75. The molecule has 0 saturated heterocycles. The van der Waals surface area contributed by atoms with Gasteiger partial charge in [-0.15, -0.1) is 0 Å². The summed E-state index contributed by atoms with van der Waals surface area (Å²) in [5.74, 6) is 0. The third-order valence-electron chi connectivity index (χ3n) is 3.75. The predicted molar refractivity (Wildman–Crippen MR) is 102 cm³/mol. The zero-order valence-electron chi connectivity index (χ0n) is 18.4. The normalized spacial score (nSPS) is 23.1. The molecule has 4 unspecified atom stereocenters. The topological polar surface area (TPSA) is 153 Å². The van der Waals surface area contributed by atoms with Gasteiger partial charge in [0, 0.05) is 12.8 Å². The van der Waals surface area contributed by atoms with Crippen molar-refractivity contribution >= 4 is 24.6 Å². The maximum Gasteiger partial charge on any atom is 0.508 e. The largest absolute Gasteiger partial charge is 0.508 e. The van der Waals surface area contributed by atoms with E-state index in [4.69, 9.17) is 38.3 Å². The molecule has 1 aliphatic rings. The Bertz CT molecular complexity index is 629. The molecule has 0 radical (unpaired) electrons. The molecule has 1 aliphatic carbocycles. The fourth-order valence-electron chi connectivity index (χ4n) is 2.72. The molecule has 1 rings (SSSR count). The maximum atomic E-state index is 12.0. The molecule has 0 bridgehead atoms. The Morgan fingerprint density at radius 3 is 1.06 bits per heavy atom. The molecule has 0 amide bonds. The Hall–Kier alpha value is -2.92. The zero-order chi connectivity index (χ0) is 23.7. The molecule has 1 N–H and O–H groups in total. The highest BCUT2D eigenvalue weighted by molar-refractivity contribution is 5.62. The molecule has 0 aromatic rings. The van der Waals surface area contributed by atoms with Gasteiger partial charge in [0.1, 0.15) is 24.4 Å². The van der Waals surface area contributed by atoms with Crippen molar-refractivity contribution in [2.24, 2.45) is 0 Å². The second-order valence-corrected chi connectivity index (χ2v) is 7.61. The lowest BCUT2D eigenvalue weighted by atomic mass is 9.89. The van der Waals surface area contributed by atoms with Gasteiger partial charge >= 0.3 is 24.6 Å². The molecule has 4 atom stereocenters. The molecule has 0 heterocycles. The van der Waals surface area contributed by atoms with Crippen molar-refractivity contribution in [3.8, 4) is 0 Å². The van der Waals surface area contributed by atoms with Crippen molar-refractivity contribution in [3.63, 3.8) is 0 Å². The standard InChI is InChI=1S/C19H30O12/c1-9(2)25-17(22)29-13-8-15(31-19(24)27-11(5)6)14(7-12(13)28-16(20)21)30-18(23)26-10(3)4/h9-15H,7-8H2,1-6H3,(H,20,21).